The highest BCUT2D eigenvalue weighted by atomic mass is 35.5. The van der Waals surface area contributed by atoms with Crippen LogP contribution in [0, 0.1) is 10.1 Å². The molecule has 74 valence electrons. The van der Waals surface area contributed by atoms with Crippen molar-refractivity contribution < 1.29 is 14.8 Å². The molecule has 1 aromatic heterocycles. The van der Waals surface area contributed by atoms with Gasteiger partial charge in [-0.05, 0) is 0 Å². The fourth-order valence-electron chi connectivity index (χ4n) is 0.829. The van der Waals surface area contributed by atoms with Crippen LogP contribution < -0.4 is 0 Å². The molecule has 0 unspecified atom stereocenters. The Kier molecular flexibility index (Phi) is 2.98. The molecule has 1 rings (SSSR count). The third kappa shape index (κ3) is 2.40. The molecule has 0 atom stereocenters. The average molecular weight is 217 g/mol. The molecule has 7 heteroatoms. The van der Waals surface area contributed by atoms with E-state index in [1.54, 1.807) is 0 Å². The van der Waals surface area contributed by atoms with E-state index in [4.69, 9.17) is 16.7 Å². The van der Waals surface area contributed by atoms with E-state index in [0.717, 1.165) is 12.3 Å². The number of hydrogen-bond acceptors (Lipinski definition) is 4. The molecule has 1 heterocycles. The summed E-state index contributed by atoms with van der Waals surface area (Å²) in [5.41, 5.74) is -0.145. The zero-order valence-corrected chi connectivity index (χ0v) is 7.56. The number of carboxylic acid groups (broad SMARTS) is 1. The van der Waals surface area contributed by atoms with Crippen LogP contribution in [0.3, 0.4) is 0 Å². The van der Waals surface area contributed by atoms with E-state index in [1.165, 1.54) is 0 Å². The summed E-state index contributed by atoms with van der Waals surface area (Å²) in [4.78, 5) is 23.5. The second kappa shape index (κ2) is 4.01. The summed E-state index contributed by atoms with van der Waals surface area (Å²) in [7, 11) is 0. The van der Waals surface area contributed by atoms with Crippen molar-refractivity contribution in [2.24, 2.45) is 0 Å². The van der Waals surface area contributed by atoms with Gasteiger partial charge in [0, 0.05) is 6.07 Å². The van der Waals surface area contributed by atoms with Crippen LogP contribution in [0.15, 0.2) is 12.3 Å². The standard InChI is InChI=1S/C7H5ClN2O4/c8-5-1-4(10(13)14)3-9-6(5)2-7(11)12/h1,3H,2H2,(H,11,12). The second-order valence-electron chi connectivity index (χ2n) is 2.45. The van der Waals surface area contributed by atoms with E-state index in [1.807, 2.05) is 0 Å². The summed E-state index contributed by atoms with van der Waals surface area (Å²) in [6.07, 6.45) is 0.626. The Hall–Kier alpha value is -1.69. The quantitative estimate of drug-likeness (QED) is 0.607. The first-order chi connectivity index (χ1) is 6.50. The fraction of sp³-hybridized carbons (Fsp3) is 0.143. The summed E-state index contributed by atoms with van der Waals surface area (Å²) < 4.78 is 0. The average Bonchev–Trinajstić information content (AvgIpc) is 2.07. The lowest BCUT2D eigenvalue weighted by molar-refractivity contribution is -0.385. The summed E-state index contributed by atoms with van der Waals surface area (Å²) in [5, 5.41) is 18.7. The normalized spacial score (nSPS) is 9.79. The summed E-state index contributed by atoms with van der Waals surface area (Å²) in [6, 6.07) is 1.08. The van der Waals surface area contributed by atoms with Gasteiger partial charge in [-0.3, -0.25) is 19.9 Å². The molecule has 0 saturated heterocycles. The lowest BCUT2D eigenvalue weighted by atomic mass is 10.2. The highest BCUT2D eigenvalue weighted by Crippen LogP contribution is 2.20. The van der Waals surface area contributed by atoms with E-state index >= 15 is 0 Å². The molecule has 0 aliphatic carbocycles. The van der Waals surface area contributed by atoms with Crippen molar-refractivity contribution in [3.63, 3.8) is 0 Å². The maximum atomic E-state index is 10.3. The summed E-state index contributed by atoms with van der Waals surface area (Å²) in [6.45, 7) is 0. The minimum atomic E-state index is -1.09. The molecular formula is C7H5ClN2O4. The van der Waals surface area contributed by atoms with Crippen LogP contribution in [0.1, 0.15) is 5.69 Å². The molecule has 0 spiro atoms. The number of rotatable bonds is 3. The second-order valence-corrected chi connectivity index (χ2v) is 2.86. The van der Waals surface area contributed by atoms with Crippen molar-refractivity contribution in [2.75, 3.05) is 0 Å². The first-order valence-corrected chi connectivity index (χ1v) is 3.89. The minimum Gasteiger partial charge on any atom is -0.481 e. The van der Waals surface area contributed by atoms with Gasteiger partial charge in [0.1, 0.15) is 6.20 Å². The van der Waals surface area contributed by atoms with Crippen molar-refractivity contribution in [1.29, 1.82) is 0 Å². The first-order valence-electron chi connectivity index (χ1n) is 3.51. The van der Waals surface area contributed by atoms with E-state index < -0.39 is 10.9 Å². The maximum Gasteiger partial charge on any atom is 0.309 e. The van der Waals surface area contributed by atoms with Gasteiger partial charge in [0.15, 0.2) is 0 Å². The Bertz CT molecular complexity index is 393. The van der Waals surface area contributed by atoms with Crippen molar-refractivity contribution in [3.8, 4) is 0 Å². The molecule has 0 fully saturated rings. The molecule has 0 saturated carbocycles. The molecule has 1 N–H and O–H groups in total. The molecule has 0 amide bonds. The zero-order chi connectivity index (χ0) is 10.7. The van der Waals surface area contributed by atoms with Crippen molar-refractivity contribution in [3.05, 3.63) is 33.1 Å². The molecule has 1 aromatic rings. The Balaban J connectivity index is 3.01. The van der Waals surface area contributed by atoms with E-state index in [-0.39, 0.29) is 22.8 Å². The molecular weight excluding hydrogens is 212 g/mol. The molecule has 0 aromatic carbocycles. The van der Waals surface area contributed by atoms with Gasteiger partial charge in [-0.2, -0.15) is 0 Å². The van der Waals surface area contributed by atoms with Crippen LogP contribution in [-0.2, 0) is 11.2 Å². The predicted molar refractivity (Wildman–Crippen MR) is 47.2 cm³/mol. The number of halogens is 1. The van der Waals surface area contributed by atoms with Crippen LogP contribution in [0.25, 0.3) is 0 Å². The van der Waals surface area contributed by atoms with Gasteiger partial charge in [-0.1, -0.05) is 11.6 Å². The topological polar surface area (TPSA) is 93.3 Å². The van der Waals surface area contributed by atoms with Crippen molar-refractivity contribution >= 4 is 23.3 Å². The molecule has 0 bridgehead atoms. The molecule has 6 nitrogen and oxygen atoms in total. The number of aromatic nitrogens is 1. The number of aliphatic carboxylic acids is 1. The van der Waals surface area contributed by atoms with Gasteiger partial charge in [0.25, 0.3) is 5.69 Å². The van der Waals surface area contributed by atoms with Gasteiger partial charge in [-0.25, -0.2) is 0 Å². The number of carbonyl (C=O) groups is 1. The van der Waals surface area contributed by atoms with E-state index in [2.05, 4.69) is 4.98 Å². The molecule has 0 aliphatic rings. The number of carboxylic acids is 1. The van der Waals surface area contributed by atoms with E-state index in [9.17, 15) is 14.9 Å². The van der Waals surface area contributed by atoms with Crippen LogP contribution in [0.2, 0.25) is 5.02 Å². The van der Waals surface area contributed by atoms with Gasteiger partial charge in [0.2, 0.25) is 0 Å². The molecule has 0 radical (unpaired) electrons. The fourth-order valence-corrected chi connectivity index (χ4v) is 1.06. The van der Waals surface area contributed by atoms with Gasteiger partial charge < -0.3 is 5.11 Å². The van der Waals surface area contributed by atoms with Gasteiger partial charge in [-0.15, -0.1) is 0 Å². The molecule has 14 heavy (non-hydrogen) atoms. The Morgan fingerprint density at radius 2 is 2.36 bits per heavy atom. The number of nitrogens with zero attached hydrogens (tertiary/aromatic N) is 2. The minimum absolute atomic E-state index is 0.0124. The summed E-state index contributed by atoms with van der Waals surface area (Å²) >= 11 is 5.59. The largest absolute Gasteiger partial charge is 0.481 e. The maximum absolute atomic E-state index is 10.3. The number of hydrogen-bond donors (Lipinski definition) is 1. The summed E-state index contributed by atoms with van der Waals surface area (Å²) in [5.74, 6) is -1.09. The smallest absolute Gasteiger partial charge is 0.309 e. The Labute approximate surface area is 83.3 Å². The highest BCUT2D eigenvalue weighted by molar-refractivity contribution is 6.31. The zero-order valence-electron chi connectivity index (χ0n) is 6.81. The van der Waals surface area contributed by atoms with Crippen LogP contribution in [0.4, 0.5) is 5.69 Å². The first kappa shape index (κ1) is 10.4. The van der Waals surface area contributed by atoms with Crippen LogP contribution in [-0.4, -0.2) is 21.0 Å². The lowest BCUT2D eigenvalue weighted by Gasteiger charge is -1.98. The van der Waals surface area contributed by atoms with Crippen LogP contribution >= 0.6 is 11.6 Å². The highest BCUT2D eigenvalue weighted by Gasteiger charge is 2.12. The third-order valence-electron chi connectivity index (χ3n) is 1.43. The van der Waals surface area contributed by atoms with E-state index in [0.29, 0.717) is 0 Å². The van der Waals surface area contributed by atoms with Gasteiger partial charge >= 0.3 is 5.97 Å². The Morgan fingerprint density at radius 3 is 2.79 bits per heavy atom. The van der Waals surface area contributed by atoms with Crippen molar-refractivity contribution in [2.45, 2.75) is 6.42 Å². The lowest BCUT2D eigenvalue weighted by Crippen LogP contribution is -2.03. The third-order valence-corrected chi connectivity index (χ3v) is 1.76. The SMILES string of the molecule is O=C(O)Cc1ncc([N+](=O)[O-])cc1Cl. The number of nitro groups is 1. The van der Waals surface area contributed by atoms with Crippen molar-refractivity contribution in [1.82, 2.24) is 4.98 Å². The monoisotopic (exact) mass is 216 g/mol. The van der Waals surface area contributed by atoms with Crippen LogP contribution in [0.5, 0.6) is 0 Å². The van der Waals surface area contributed by atoms with Gasteiger partial charge in [0.05, 0.1) is 22.1 Å². The molecule has 0 aliphatic heterocycles. The predicted octanol–water partition coefficient (Wildman–Crippen LogP) is 1.27. The number of pyridine rings is 1. The Morgan fingerprint density at radius 1 is 1.71 bits per heavy atom.